The molecule has 27 heavy (non-hydrogen) atoms. The van der Waals surface area contributed by atoms with Crippen molar-refractivity contribution in [3.05, 3.63) is 51.7 Å². The molecule has 3 nitrogen and oxygen atoms in total. The summed E-state index contributed by atoms with van der Waals surface area (Å²) in [6.07, 6.45) is 1.98. The third kappa shape index (κ3) is 4.53. The van der Waals surface area contributed by atoms with Gasteiger partial charge in [0.1, 0.15) is 0 Å². The van der Waals surface area contributed by atoms with Gasteiger partial charge in [-0.3, -0.25) is 9.88 Å². The molecule has 0 radical (unpaired) electrons. The minimum atomic E-state index is -0.109. The average Bonchev–Trinajstić information content (AvgIpc) is 2.63. The first kappa shape index (κ1) is 20.3. The molecule has 0 aliphatic carbocycles. The van der Waals surface area contributed by atoms with Crippen LogP contribution in [0.15, 0.2) is 24.3 Å². The van der Waals surface area contributed by atoms with Gasteiger partial charge in [0.15, 0.2) is 0 Å². The minimum Gasteiger partial charge on any atom is -0.373 e. The van der Waals surface area contributed by atoms with E-state index in [2.05, 4.69) is 63.8 Å². The first-order chi connectivity index (χ1) is 12.8. The Bertz CT molecular complexity index is 771. The van der Waals surface area contributed by atoms with Crippen LogP contribution in [0.2, 0.25) is 5.02 Å². The zero-order chi connectivity index (χ0) is 19.6. The second-order valence-electron chi connectivity index (χ2n) is 8.03. The van der Waals surface area contributed by atoms with Crippen molar-refractivity contribution in [1.82, 2.24) is 9.88 Å². The Labute approximate surface area is 168 Å². The maximum Gasteiger partial charge on any atom is 0.0753 e. The predicted molar refractivity (Wildman–Crippen MR) is 113 cm³/mol. The summed E-state index contributed by atoms with van der Waals surface area (Å²) in [7, 11) is 0. The van der Waals surface area contributed by atoms with Crippen LogP contribution in [0.5, 0.6) is 0 Å². The Hall–Kier alpha value is -1.42. The summed E-state index contributed by atoms with van der Waals surface area (Å²) in [5, 5.41) is 0.815. The van der Waals surface area contributed by atoms with Crippen LogP contribution in [0.3, 0.4) is 0 Å². The highest BCUT2D eigenvalue weighted by molar-refractivity contribution is 6.31. The third-order valence-electron chi connectivity index (χ3n) is 5.42. The minimum absolute atomic E-state index is 0.109. The van der Waals surface area contributed by atoms with E-state index in [0.29, 0.717) is 0 Å². The van der Waals surface area contributed by atoms with Gasteiger partial charge < -0.3 is 4.74 Å². The number of aromatic nitrogens is 1. The molecule has 2 aromatic rings. The van der Waals surface area contributed by atoms with Gasteiger partial charge in [-0.25, -0.2) is 0 Å². The number of benzene rings is 1. The molecule has 0 saturated carbocycles. The topological polar surface area (TPSA) is 25.4 Å². The fourth-order valence-corrected chi connectivity index (χ4v) is 4.32. The smallest absolute Gasteiger partial charge is 0.0753 e. The molecule has 1 saturated heterocycles. The van der Waals surface area contributed by atoms with E-state index >= 15 is 0 Å². The van der Waals surface area contributed by atoms with Crippen LogP contribution in [0.1, 0.15) is 50.1 Å². The zero-order valence-corrected chi connectivity index (χ0v) is 18.0. The SMILES string of the molecule is CCc1cccc(CC)c1-c1cc(Cl)c(CN2CCOC(C)(C)C2)c(C)n1. The lowest BCUT2D eigenvalue weighted by molar-refractivity contribution is -0.0883. The Balaban J connectivity index is 1.95. The summed E-state index contributed by atoms with van der Waals surface area (Å²) in [6, 6.07) is 8.60. The summed E-state index contributed by atoms with van der Waals surface area (Å²) in [5.41, 5.74) is 6.96. The molecule has 0 amide bonds. The van der Waals surface area contributed by atoms with Gasteiger partial charge in [0.2, 0.25) is 0 Å². The van der Waals surface area contributed by atoms with Gasteiger partial charge in [-0.2, -0.15) is 0 Å². The molecule has 0 atom stereocenters. The van der Waals surface area contributed by atoms with Gasteiger partial charge in [-0.1, -0.05) is 43.6 Å². The van der Waals surface area contributed by atoms with Crippen molar-refractivity contribution >= 4 is 11.6 Å². The molecule has 2 heterocycles. The number of hydrogen-bond acceptors (Lipinski definition) is 3. The van der Waals surface area contributed by atoms with Gasteiger partial charge in [0.05, 0.1) is 17.9 Å². The van der Waals surface area contributed by atoms with Crippen molar-refractivity contribution in [2.45, 2.75) is 59.6 Å². The Morgan fingerprint density at radius 3 is 2.41 bits per heavy atom. The number of pyridine rings is 1. The first-order valence-electron chi connectivity index (χ1n) is 9.98. The van der Waals surface area contributed by atoms with E-state index in [1.54, 1.807) is 0 Å². The van der Waals surface area contributed by atoms with Gasteiger partial charge in [-0.15, -0.1) is 0 Å². The van der Waals surface area contributed by atoms with Gasteiger partial charge in [0, 0.05) is 41.5 Å². The quantitative estimate of drug-likeness (QED) is 0.683. The number of ether oxygens (including phenoxy) is 1. The molecule has 1 aliphatic rings. The maximum atomic E-state index is 6.77. The lowest BCUT2D eigenvalue weighted by atomic mass is 9.94. The second-order valence-corrected chi connectivity index (χ2v) is 8.44. The van der Waals surface area contributed by atoms with Crippen LogP contribution in [0, 0.1) is 6.92 Å². The van der Waals surface area contributed by atoms with Crippen molar-refractivity contribution in [3.8, 4) is 11.3 Å². The lowest BCUT2D eigenvalue weighted by Crippen LogP contribution is -2.47. The summed E-state index contributed by atoms with van der Waals surface area (Å²) in [5.74, 6) is 0. The van der Waals surface area contributed by atoms with Crippen LogP contribution in [0.4, 0.5) is 0 Å². The molecule has 0 unspecified atom stereocenters. The fraction of sp³-hybridized carbons (Fsp3) is 0.522. The normalized spacial score (nSPS) is 17.3. The molecular weight excluding hydrogens is 356 g/mol. The number of morpholine rings is 1. The van der Waals surface area contributed by atoms with E-state index in [-0.39, 0.29) is 5.60 Å². The standard InChI is InChI=1S/C23H31ClN2O/c1-6-17-9-8-10-18(7-2)22(17)21-13-20(24)19(16(3)25-21)14-26-11-12-27-23(4,5)15-26/h8-10,13H,6-7,11-12,14-15H2,1-5H3. The molecule has 1 aliphatic heterocycles. The Morgan fingerprint density at radius 1 is 1.19 bits per heavy atom. The third-order valence-corrected chi connectivity index (χ3v) is 5.76. The number of halogens is 1. The van der Waals surface area contributed by atoms with E-state index in [4.69, 9.17) is 21.3 Å². The summed E-state index contributed by atoms with van der Waals surface area (Å²) in [6.45, 7) is 14.2. The van der Waals surface area contributed by atoms with Crippen molar-refractivity contribution in [2.75, 3.05) is 19.7 Å². The average molecular weight is 387 g/mol. The highest BCUT2D eigenvalue weighted by Gasteiger charge is 2.28. The van der Waals surface area contributed by atoms with E-state index in [9.17, 15) is 0 Å². The number of rotatable bonds is 5. The molecule has 0 N–H and O–H groups in total. The number of hydrogen-bond donors (Lipinski definition) is 0. The molecule has 4 heteroatoms. The van der Waals surface area contributed by atoms with Crippen LogP contribution in [0.25, 0.3) is 11.3 Å². The molecule has 1 fully saturated rings. The highest BCUT2D eigenvalue weighted by Crippen LogP contribution is 2.32. The van der Waals surface area contributed by atoms with Crippen LogP contribution in [-0.2, 0) is 24.1 Å². The van der Waals surface area contributed by atoms with Crippen LogP contribution >= 0.6 is 11.6 Å². The predicted octanol–water partition coefficient (Wildman–Crippen LogP) is 5.45. The molecule has 3 rings (SSSR count). The van der Waals surface area contributed by atoms with Gasteiger partial charge in [0.25, 0.3) is 0 Å². The Kier molecular flexibility index (Phi) is 6.25. The van der Waals surface area contributed by atoms with Crippen molar-refractivity contribution in [3.63, 3.8) is 0 Å². The summed E-state index contributed by atoms with van der Waals surface area (Å²) < 4.78 is 5.83. The Morgan fingerprint density at radius 2 is 1.85 bits per heavy atom. The summed E-state index contributed by atoms with van der Waals surface area (Å²) >= 11 is 6.77. The van der Waals surface area contributed by atoms with Crippen molar-refractivity contribution < 1.29 is 4.74 Å². The first-order valence-corrected chi connectivity index (χ1v) is 10.4. The molecular formula is C23H31ClN2O. The van der Waals surface area contributed by atoms with E-state index in [0.717, 1.165) is 61.1 Å². The molecule has 1 aromatic heterocycles. The lowest BCUT2D eigenvalue weighted by Gasteiger charge is -2.38. The monoisotopic (exact) mass is 386 g/mol. The summed E-state index contributed by atoms with van der Waals surface area (Å²) in [4.78, 5) is 7.39. The van der Waals surface area contributed by atoms with E-state index in [1.807, 2.05) is 0 Å². The van der Waals surface area contributed by atoms with Crippen molar-refractivity contribution in [2.24, 2.45) is 0 Å². The molecule has 1 aromatic carbocycles. The fourth-order valence-electron chi connectivity index (χ4n) is 4.02. The second kappa shape index (κ2) is 8.30. The van der Waals surface area contributed by atoms with Gasteiger partial charge in [-0.05, 0) is 50.8 Å². The molecule has 0 spiro atoms. The number of aryl methyl sites for hydroxylation is 3. The highest BCUT2D eigenvalue weighted by atomic mass is 35.5. The molecule has 146 valence electrons. The van der Waals surface area contributed by atoms with Crippen LogP contribution < -0.4 is 0 Å². The largest absolute Gasteiger partial charge is 0.373 e. The van der Waals surface area contributed by atoms with Crippen molar-refractivity contribution in [1.29, 1.82) is 0 Å². The number of nitrogens with zero attached hydrogens (tertiary/aromatic N) is 2. The van der Waals surface area contributed by atoms with Crippen LogP contribution in [-0.4, -0.2) is 35.2 Å². The van der Waals surface area contributed by atoms with E-state index in [1.165, 1.54) is 16.7 Å². The molecule has 0 bridgehead atoms. The maximum absolute atomic E-state index is 6.77. The van der Waals surface area contributed by atoms with E-state index < -0.39 is 0 Å². The zero-order valence-electron chi connectivity index (χ0n) is 17.2. The van der Waals surface area contributed by atoms with Gasteiger partial charge >= 0.3 is 0 Å².